The molecule has 0 aliphatic carbocycles. The minimum Gasteiger partial charge on any atom is -0.489 e. The number of hydrogen-bond acceptors (Lipinski definition) is 4. The first-order valence-electron chi connectivity index (χ1n) is 7.92. The van der Waals surface area contributed by atoms with Gasteiger partial charge >= 0.3 is 0 Å². The molecule has 23 heavy (non-hydrogen) atoms. The average Bonchev–Trinajstić information content (AvgIpc) is 3.12. The van der Waals surface area contributed by atoms with E-state index < -0.39 is 0 Å². The van der Waals surface area contributed by atoms with Gasteiger partial charge in [-0.05, 0) is 38.0 Å². The Labute approximate surface area is 134 Å². The summed E-state index contributed by atoms with van der Waals surface area (Å²) in [6.45, 7) is 2.57. The van der Waals surface area contributed by atoms with Gasteiger partial charge in [-0.1, -0.05) is 0 Å². The van der Waals surface area contributed by atoms with Crippen LogP contribution < -0.4 is 15.0 Å². The van der Waals surface area contributed by atoms with Crippen LogP contribution in [0.4, 0.5) is 5.69 Å². The summed E-state index contributed by atoms with van der Waals surface area (Å²) in [5.41, 5.74) is 1.31. The topological polar surface area (TPSA) is 75.7 Å². The summed E-state index contributed by atoms with van der Waals surface area (Å²) >= 11 is 0. The molecule has 1 aromatic carbocycles. The number of carbonyl (C=O) groups excluding carboxylic acids is 3. The molecule has 1 aromatic rings. The number of nitrogens with one attached hydrogen (secondary N) is 1. The first-order chi connectivity index (χ1) is 11.1. The van der Waals surface area contributed by atoms with E-state index in [1.54, 1.807) is 23.1 Å². The van der Waals surface area contributed by atoms with Crippen molar-refractivity contribution in [1.82, 2.24) is 5.32 Å². The van der Waals surface area contributed by atoms with Gasteiger partial charge in [0, 0.05) is 24.4 Å². The molecule has 2 fully saturated rings. The predicted octanol–water partition coefficient (Wildman–Crippen LogP) is 1.67. The van der Waals surface area contributed by atoms with Crippen LogP contribution in [-0.4, -0.2) is 36.8 Å². The van der Waals surface area contributed by atoms with Gasteiger partial charge in [0.25, 0.3) is 0 Å². The van der Waals surface area contributed by atoms with E-state index in [2.05, 4.69) is 5.32 Å². The summed E-state index contributed by atoms with van der Waals surface area (Å²) in [5.74, 6) is 1.02. The highest BCUT2D eigenvalue weighted by molar-refractivity contribution is 5.99. The lowest BCUT2D eigenvalue weighted by atomic mass is 10.1. The molecule has 4 rings (SSSR count). The summed E-state index contributed by atoms with van der Waals surface area (Å²) in [4.78, 5) is 34.6. The second-order valence-corrected chi connectivity index (χ2v) is 6.12. The summed E-state index contributed by atoms with van der Waals surface area (Å²) in [6, 6.07) is 5.74. The largest absolute Gasteiger partial charge is 0.489 e. The number of hydrogen-bond donors (Lipinski definition) is 1. The molecule has 2 saturated heterocycles. The quantitative estimate of drug-likeness (QED) is 0.800. The van der Waals surface area contributed by atoms with Gasteiger partial charge in [-0.15, -0.1) is 0 Å². The van der Waals surface area contributed by atoms with E-state index in [1.807, 2.05) is 6.92 Å². The number of nitrogens with zero attached hydrogens (tertiary/aromatic N) is 1. The lowest BCUT2D eigenvalue weighted by Gasteiger charge is -2.32. The Bertz CT molecular complexity index is 643. The molecule has 6 heteroatoms. The van der Waals surface area contributed by atoms with E-state index in [-0.39, 0.29) is 17.9 Å². The Kier molecular flexibility index (Phi) is 4.32. The maximum atomic E-state index is 11.8. The Morgan fingerprint density at radius 2 is 2.09 bits per heavy atom. The molecule has 122 valence electrons. The Morgan fingerprint density at radius 1 is 1.26 bits per heavy atom. The molecule has 2 atom stereocenters. The Hall–Kier alpha value is -2.37. The van der Waals surface area contributed by atoms with E-state index in [0.29, 0.717) is 30.4 Å². The number of amides is 2. The van der Waals surface area contributed by atoms with Crippen LogP contribution in [0.5, 0.6) is 5.75 Å². The van der Waals surface area contributed by atoms with E-state index >= 15 is 0 Å². The average molecular weight is 316 g/mol. The molecule has 3 heterocycles. The zero-order chi connectivity index (χ0) is 16.4. The molecule has 0 spiro atoms. The van der Waals surface area contributed by atoms with Crippen LogP contribution in [0.3, 0.4) is 0 Å². The second kappa shape index (κ2) is 6.40. The smallest absolute Gasteiger partial charge is 0.227 e. The molecular formula is C17H20N2O4. The van der Waals surface area contributed by atoms with E-state index in [1.165, 1.54) is 0 Å². The summed E-state index contributed by atoms with van der Waals surface area (Å²) in [6.07, 6.45) is 3.92. The first-order valence-corrected chi connectivity index (χ1v) is 7.92. The van der Waals surface area contributed by atoms with Crippen molar-refractivity contribution in [2.45, 2.75) is 44.7 Å². The number of aldehydes is 1. The number of carbonyl (C=O) groups is 3. The van der Waals surface area contributed by atoms with Gasteiger partial charge in [-0.25, -0.2) is 0 Å². The zero-order valence-electron chi connectivity index (χ0n) is 13.1. The van der Waals surface area contributed by atoms with Gasteiger partial charge in [-0.2, -0.15) is 0 Å². The molecule has 3 aliphatic heterocycles. The van der Waals surface area contributed by atoms with Crippen molar-refractivity contribution >= 4 is 23.8 Å². The normalized spacial score (nSPS) is 24.8. The van der Waals surface area contributed by atoms with Crippen molar-refractivity contribution in [2.24, 2.45) is 0 Å². The zero-order valence-corrected chi connectivity index (χ0v) is 13.1. The molecule has 1 unspecified atom stereocenters. The standard InChI is InChI=1S/C12H11NO3.C5H9NO/c14-6-8-1-3-11-10(5-8)13-9(7-16-11)2-4-12(13)15;1-4-2-3-5(7)6-4/h1,3,5-6,9H,2,4,7H2;4H,2-3H2,1H3,(H,6,7)/t9-;/m1./s1. The number of benzene rings is 1. The third-order valence-electron chi connectivity index (χ3n) is 4.35. The Balaban J connectivity index is 0.000000188. The van der Waals surface area contributed by atoms with Crippen molar-refractivity contribution in [2.75, 3.05) is 11.5 Å². The van der Waals surface area contributed by atoms with Gasteiger partial charge in [-0.3, -0.25) is 14.4 Å². The van der Waals surface area contributed by atoms with Gasteiger partial charge in [0.05, 0.1) is 11.7 Å². The van der Waals surface area contributed by atoms with Gasteiger partial charge in [0.1, 0.15) is 18.6 Å². The molecule has 1 N–H and O–H groups in total. The maximum absolute atomic E-state index is 11.8. The van der Waals surface area contributed by atoms with E-state index in [9.17, 15) is 14.4 Å². The van der Waals surface area contributed by atoms with Crippen LogP contribution in [0.1, 0.15) is 43.0 Å². The van der Waals surface area contributed by atoms with Crippen molar-refractivity contribution in [1.29, 1.82) is 0 Å². The highest BCUT2D eigenvalue weighted by Gasteiger charge is 2.37. The van der Waals surface area contributed by atoms with Gasteiger partial charge in [0.15, 0.2) is 0 Å². The summed E-state index contributed by atoms with van der Waals surface area (Å²) < 4.78 is 5.58. The van der Waals surface area contributed by atoms with Crippen LogP contribution in [0.15, 0.2) is 18.2 Å². The SMILES string of the molecule is CC1CCC(=O)N1.O=Cc1ccc2c(c1)N1C(=O)CC[C@@H]1CO2. The van der Waals surface area contributed by atoms with Crippen molar-refractivity contribution in [3.05, 3.63) is 23.8 Å². The highest BCUT2D eigenvalue weighted by Crippen LogP contribution is 2.38. The molecular weight excluding hydrogens is 296 g/mol. The van der Waals surface area contributed by atoms with Crippen LogP contribution in [-0.2, 0) is 9.59 Å². The highest BCUT2D eigenvalue weighted by atomic mass is 16.5. The molecule has 0 saturated carbocycles. The van der Waals surface area contributed by atoms with Crippen molar-refractivity contribution in [3.63, 3.8) is 0 Å². The molecule has 3 aliphatic rings. The number of rotatable bonds is 1. The predicted molar refractivity (Wildman–Crippen MR) is 84.7 cm³/mol. The molecule has 0 bridgehead atoms. The Morgan fingerprint density at radius 3 is 2.70 bits per heavy atom. The van der Waals surface area contributed by atoms with Gasteiger partial charge < -0.3 is 15.0 Å². The molecule has 2 amide bonds. The second-order valence-electron chi connectivity index (χ2n) is 6.12. The fraction of sp³-hybridized carbons (Fsp3) is 0.471. The summed E-state index contributed by atoms with van der Waals surface area (Å²) in [7, 11) is 0. The number of ether oxygens (including phenoxy) is 1. The van der Waals surface area contributed by atoms with Crippen molar-refractivity contribution < 1.29 is 19.1 Å². The minimum absolute atomic E-state index is 0.123. The molecule has 6 nitrogen and oxygen atoms in total. The molecule has 0 radical (unpaired) electrons. The monoisotopic (exact) mass is 316 g/mol. The molecule has 0 aromatic heterocycles. The third kappa shape index (κ3) is 3.21. The van der Waals surface area contributed by atoms with Crippen LogP contribution >= 0.6 is 0 Å². The van der Waals surface area contributed by atoms with Crippen LogP contribution in [0, 0.1) is 0 Å². The van der Waals surface area contributed by atoms with Crippen molar-refractivity contribution in [3.8, 4) is 5.75 Å². The summed E-state index contributed by atoms with van der Waals surface area (Å²) in [5, 5.41) is 2.78. The number of fused-ring (bicyclic) bond motifs is 3. The third-order valence-corrected chi connectivity index (χ3v) is 4.35. The van der Waals surface area contributed by atoms with E-state index in [0.717, 1.165) is 31.2 Å². The van der Waals surface area contributed by atoms with Crippen LogP contribution in [0.2, 0.25) is 0 Å². The number of anilines is 1. The van der Waals surface area contributed by atoms with E-state index in [4.69, 9.17) is 4.74 Å². The fourth-order valence-corrected chi connectivity index (χ4v) is 3.10. The fourth-order valence-electron chi connectivity index (χ4n) is 3.10. The van der Waals surface area contributed by atoms with Crippen LogP contribution in [0.25, 0.3) is 0 Å². The van der Waals surface area contributed by atoms with Gasteiger partial charge in [0.2, 0.25) is 11.8 Å². The maximum Gasteiger partial charge on any atom is 0.227 e. The minimum atomic E-state index is 0.123. The lowest BCUT2D eigenvalue weighted by Crippen LogP contribution is -2.40. The first kappa shape index (κ1) is 15.5. The lowest BCUT2D eigenvalue weighted by molar-refractivity contribution is -0.119.